The predicted octanol–water partition coefficient (Wildman–Crippen LogP) is 5.65. The number of benzene rings is 3. The smallest absolute Gasteiger partial charge is 0.326 e. The van der Waals surface area contributed by atoms with Crippen LogP contribution in [0, 0.1) is 0 Å². The first-order valence-corrected chi connectivity index (χ1v) is 13.6. The van der Waals surface area contributed by atoms with Gasteiger partial charge in [-0.2, -0.15) is 4.98 Å². The topological polar surface area (TPSA) is 140 Å². The van der Waals surface area contributed by atoms with E-state index in [1.807, 2.05) is 48.5 Å². The van der Waals surface area contributed by atoms with E-state index < -0.39 is 23.9 Å². The number of hydrogen-bond acceptors (Lipinski definition) is 8. The molecule has 0 aliphatic heterocycles. The van der Waals surface area contributed by atoms with Crippen LogP contribution in [0.15, 0.2) is 84.9 Å². The fraction of sp³-hybridized carbons (Fsp3) is 0.194. The maximum absolute atomic E-state index is 12.7. The number of anilines is 2. The van der Waals surface area contributed by atoms with Crippen LogP contribution in [0.4, 0.5) is 11.6 Å². The molecule has 10 nitrogen and oxygen atoms in total. The van der Waals surface area contributed by atoms with Crippen molar-refractivity contribution in [2.45, 2.75) is 32.4 Å². The molecule has 4 aromatic rings. The zero-order valence-electron chi connectivity index (χ0n) is 22.7. The van der Waals surface area contributed by atoms with Crippen LogP contribution in [0.25, 0.3) is 11.3 Å². The lowest BCUT2D eigenvalue weighted by atomic mass is 10.1. The number of aromatic nitrogens is 2. The van der Waals surface area contributed by atoms with Crippen LogP contribution in [-0.4, -0.2) is 45.6 Å². The fourth-order valence-corrected chi connectivity index (χ4v) is 4.10. The number of carboxylic acids is 1. The molecule has 0 aliphatic carbocycles. The van der Waals surface area contributed by atoms with Gasteiger partial charge >= 0.3 is 11.9 Å². The number of halogens is 1. The number of nitrogens with zero attached hydrogens (tertiary/aromatic N) is 2. The van der Waals surface area contributed by atoms with Crippen LogP contribution in [-0.2, 0) is 20.9 Å². The number of nitrogens with one attached hydrogen (secondary N) is 2. The van der Waals surface area contributed by atoms with Crippen LogP contribution >= 0.6 is 11.6 Å². The average Bonchev–Trinajstić information content (AvgIpc) is 2.99. The molecule has 0 unspecified atom stereocenters. The van der Waals surface area contributed by atoms with Gasteiger partial charge in [-0.25, -0.2) is 9.78 Å². The van der Waals surface area contributed by atoms with Gasteiger partial charge in [0.2, 0.25) is 11.8 Å². The Hall–Kier alpha value is -4.96. The molecule has 0 saturated carbocycles. The monoisotopic (exact) mass is 588 g/mol. The van der Waals surface area contributed by atoms with Crippen molar-refractivity contribution in [3.8, 4) is 17.1 Å². The summed E-state index contributed by atoms with van der Waals surface area (Å²) < 4.78 is 10.8. The van der Waals surface area contributed by atoms with Crippen LogP contribution in [0.5, 0.6) is 5.88 Å². The molecular weight excluding hydrogens is 560 g/mol. The highest BCUT2D eigenvalue weighted by Gasteiger charge is 2.22. The molecule has 0 aliphatic rings. The van der Waals surface area contributed by atoms with E-state index in [9.17, 15) is 19.5 Å². The van der Waals surface area contributed by atoms with Crippen molar-refractivity contribution in [2.24, 2.45) is 0 Å². The second-order valence-electron chi connectivity index (χ2n) is 9.07. The Morgan fingerprint density at radius 3 is 2.36 bits per heavy atom. The molecule has 0 spiro atoms. The molecule has 3 aromatic carbocycles. The first-order valence-electron chi connectivity index (χ1n) is 13.2. The Kier molecular flexibility index (Phi) is 10.4. The van der Waals surface area contributed by atoms with Crippen molar-refractivity contribution in [3.05, 3.63) is 101 Å². The lowest BCUT2D eigenvalue weighted by molar-refractivity contribution is -0.144. The maximum Gasteiger partial charge on any atom is 0.326 e. The van der Waals surface area contributed by atoms with Gasteiger partial charge in [-0.15, -0.1) is 0 Å². The minimum Gasteiger partial charge on any atom is -0.480 e. The van der Waals surface area contributed by atoms with Crippen molar-refractivity contribution in [3.63, 3.8) is 0 Å². The molecule has 3 N–H and O–H groups in total. The van der Waals surface area contributed by atoms with Gasteiger partial charge in [0.25, 0.3) is 5.91 Å². The fourth-order valence-electron chi connectivity index (χ4n) is 3.91. The highest BCUT2D eigenvalue weighted by molar-refractivity contribution is 6.31. The quantitative estimate of drug-likeness (QED) is 0.169. The number of rotatable bonds is 13. The molecule has 4 rings (SSSR count). The summed E-state index contributed by atoms with van der Waals surface area (Å²) in [6.07, 6.45) is -0.213. The number of hydrogen-bond donors (Lipinski definition) is 3. The number of carbonyl (C=O) groups is 3. The number of amides is 1. The summed E-state index contributed by atoms with van der Waals surface area (Å²) in [5.74, 6) is -1.74. The van der Waals surface area contributed by atoms with E-state index in [0.29, 0.717) is 22.3 Å². The van der Waals surface area contributed by atoms with Gasteiger partial charge in [-0.05, 0) is 43.7 Å². The minimum absolute atomic E-state index is 0.0878. The third-order valence-electron chi connectivity index (χ3n) is 6.05. The molecule has 42 heavy (non-hydrogen) atoms. The Labute approximate surface area is 247 Å². The number of carboxylic acid groups (broad SMARTS) is 1. The molecule has 11 heteroatoms. The average molecular weight is 589 g/mol. The second kappa shape index (κ2) is 14.6. The Morgan fingerprint density at radius 1 is 0.952 bits per heavy atom. The zero-order chi connectivity index (χ0) is 29.9. The van der Waals surface area contributed by atoms with Crippen molar-refractivity contribution >= 4 is 41.1 Å². The minimum atomic E-state index is -1.24. The number of aliphatic carboxylic acids is 1. The summed E-state index contributed by atoms with van der Waals surface area (Å²) in [6, 6.07) is 23.8. The highest BCUT2D eigenvalue weighted by atomic mass is 35.5. The van der Waals surface area contributed by atoms with E-state index in [-0.39, 0.29) is 37.6 Å². The van der Waals surface area contributed by atoms with Crippen molar-refractivity contribution in [1.29, 1.82) is 0 Å². The molecule has 0 saturated heterocycles. The largest absolute Gasteiger partial charge is 0.480 e. The SMILES string of the molecule is CCOC(=O)CC[C@H](NC(=O)c1ccc(Nc2nc(OCc3ccccc3Cl)cc(-c3ccccc3)n2)cc1)C(=O)O. The van der Waals surface area contributed by atoms with Gasteiger partial charge < -0.3 is 25.2 Å². The standard InChI is InChI=1S/C31H29ClN4O6/c1-2-41-28(37)17-16-25(30(39)40)34-29(38)21-12-14-23(15-13-21)33-31-35-26(20-8-4-3-5-9-20)18-27(36-31)42-19-22-10-6-7-11-24(22)32/h3-15,18,25H,2,16-17,19H2,1H3,(H,34,38)(H,39,40)(H,33,35,36)/t25-/m0/s1. The van der Waals surface area contributed by atoms with Gasteiger partial charge in [0.05, 0.1) is 12.3 Å². The van der Waals surface area contributed by atoms with Gasteiger partial charge in [-0.3, -0.25) is 9.59 Å². The van der Waals surface area contributed by atoms with Gasteiger partial charge in [0.1, 0.15) is 12.6 Å². The van der Waals surface area contributed by atoms with E-state index in [4.69, 9.17) is 21.1 Å². The first kappa shape index (κ1) is 30.0. The van der Waals surface area contributed by atoms with Gasteiger partial charge in [0, 0.05) is 39.9 Å². The predicted molar refractivity (Wildman–Crippen MR) is 158 cm³/mol. The molecule has 0 radical (unpaired) electrons. The molecule has 0 bridgehead atoms. The normalized spacial score (nSPS) is 11.3. The Morgan fingerprint density at radius 2 is 1.67 bits per heavy atom. The summed E-state index contributed by atoms with van der Waals surface area (Å²) in [7, 11) is 0. The number of carbonyl (C=O) groups excluding carboxylic acids is 2. The summed E-state index contributed by atoms with van der Waals surface area (Å²) >= 11 is 6.27. The highest BCUT2D eigenvalue weighted by Crippen LogP contribution is 2.26. The molecule has 1 atom stereocenters. The van der Waals surface area contributed by atoms with Crippen LogP contribution in [0.3, 0.4) is 0 Å². The number of esters is 1. The lowest BCUT2D eigenvalue weighted by Crippen LogP contribution is -2.41. The first-order chi connectivity index (χ1) is 20.3. The molecule has 1 aromatic heterocycles. The van der Waals surface area contributed by atoms with Crippen LogP contribution in [0.2, 0.25) is 5.02 Å². The molecular formula is C31H29ClN4O6. The van der Waals surface area contributed by atoms with E-state index in [1.165, 1.54) is 12.1 Å². The molecule has 216 valence electrons. The van der Waals surface area contributed by atoms with E-state index in [1.54, 1.807) is 31.2 Å². The summed E-state index contributed by atoms with van der Waals surface area (Å²) in [5.41, 5.74) is 3.15. The summed E-state index contributed by atoms with van der Waals surface area (Å²) in [5, 5.41) is 15.6. The molecule has 1 amide bonds. The lowest BCUT2D eigenvalue weighted by Gasteiger charge is -2.14. The van der Waals surface area contributed by atoms with Crippen molar-refractivity contribution in [1.82, 2.24) is 15.3 Å². The molecule has 1 heterocycles. The zero-order valence-corrected chi connectivity index (χ0v) is 23.5. The van der Waals surface area contributed by atoms with Gasteiger partial charge in [-0.1, -0.05) is 60.1 Å². The molecule has 0 fully saturated rings. The van der Waals surface area contributed by atoms with Crippen LogP contribution in [0.1, 0.15) is 35.7 Å². The summed E-state index contributed by atoms with van der Waals surface area (Å²) in [4.78, 5) is 45.0. The van der Waals surface area contributed by atoms with E-state index in [2.05, 4.69) is 20.6 Å². The third kappa shape index (κ3) is 8.52. The van der Waals surface area contributed by atoms with E-state index >= 15 is 0 Å². The maximum atomic E-state index is 12.7. The van der Waals surface area contributed by atoms with Gasteiger partial charge in [0.15, 0.2) is 0 Å². The summed E-state index contributed by atoms with van der Waals surface area (Å²) in [6.45, 7) is 2.07. The Balaban J connectivity index is 1.47. The number of ether oxygens (including phenoxy) is 2. The third-order valence-corrected chi connectivity index (χ3v) is 6.42. The van der Waals surface area contributed by atoms with Crippen LogP contribution < -0.4 is 15.4 Å². The van der Waals surface area contributed by atoms with E-state index in [0.717, 1.165) is 11.1 Å². The second-order valence-corrected chi connectivity index (χ2v) is 9.48. The Bertz CT molecular complexity index is 1530. The van der Waals surface area contributed by atoms with Crippen molar-refractivity contribution in [2.75, 3.05) is 11.9 Å². The van der Waals surface area contributed by atoms with Crippen molar-refractivity contribution < 1.29 is 29.0 Å².